The number of hydrogen-bond acceptors (Lipinski definition) is 1. The fraction of sp³-hybridized carbons (Fsp3) is 0. The van der Waals surface area contributed by atoms with Gasteiger partial charge in [0.2, 0.25) is 0 Å². The lowest BCUT2D eigenvalue weighted by Crippen LogP contribution is -2.10. The first-order valence-corrected chi connectivity index (χ1v) is 5.44. The number of para-hydroxylation sites is 1. The van der Waals surface area contributed by atoms with E-state index in [0.717, 1.165) is 10.9 Å². The van der Waals surface area contributed by atoms with Crippen molar-refractivity contribution in [2.45, 2.75) is 0 Å². The van der Waals surface area contributed by atoms with E-state index < -0.39 is 0 Å². The molecule has 0 amide bonds. The molecule has 3 aromatic rings. The highest BCUT2D eigenvalue weighted by molar-refractivity contribution is 6.01. The average molecular weight is 220 g/mol. The Labute approximate surface area is 99.1 Å². The molecule has 2 aromatic carbocycles. The molecular formula is C15H10NO. The summed E-state index contributed by atoms with van der Waals surface area (Å²) in [7, 11) is 0. The first-order valence-electron chi connectivity index (χ1n) is 5.44. The minimum Gasteiger partial charge on any atom is -0.283 e. The van der Waals surface area contributed by atoms with Crippen molar-refractivity contribution in [3.05, 3.63) is 72.4 Å². The smallest absolute Gasteiger partial charge is 0.262 e. The Balaban J connectivity index is 2.14. The van der Waals surface area contributed by atoms with Crippen molar-refractivity contribution in [1.82, 2.24) is 4.57 Å². The van der Waals surface area contributed by atoms with E-state index in [9.17, 15) is 4.79 Å². The van der Waals surface area contributed by atoms with E-state index >= 15 is 0 Å². The largest absolute Gasteiger partial charge is 0.283 e. The summed E-state index contributed by atoms with van der Waals surface area (Å²) in [5, 5.41) is 0.955. The molecule has 0 aliphatic carbocycles. The van der Waals surface area contributed by atoms with Crippen LogP contribution >= 0.6 is 0 Å². The Hall–Kier alpha value is -2.35. The number of carbonyl (C=O) groups excluding carboxylic acids is 1. The number of aromatic nitrogens is 1. The van der Waals surface area contributed by atoms with Crippen LogP contribution < -0.4 is 0 Å². The van der Waals surface area contributed by atoms with Crippen LogP contribution in [0.2, 0.25) is 0 Å². The molecule has 17 heavy (non-hydrogen) atoms. The van der Waals surface area contributed by atoms with Gasteiger partial charge in [-0.05, 0) is 18.2 Å². The molecule has 0 N–H and O–H groups in total. The fourth-order valence-corrected chi connectivity index (χ4v) is 1.90. The van der Waals surface area contributed by atoms with Crippen LogP contribution in [0.5, 0.6) is 0 Å². The third-order valence-electron chi connectivity index (χ3n) is 2.75. The summed E-state index contributed by atoms with van der Waals surface area (Å²) in [4.78, 5) is 12.3. The topological polar surface area (TPSA) is 22.0 Å². The average Bonchev–Trinajstić information content (AvgIpc) is 2.83. The van der Waals surface area contributed by atoms with Gasteiger partial charge in [0.15, 0.2) is 0 Å². The first kappa shape index (κ1) is 9.85. The molecule has 1 heterocycles. The first-order chi connectivity index (χ1) is 8.36. The fourth-order valence-electron chi connectivity index (χ4n) is 1.90. The van der Waals surface area contributed by atoms with E-state index in [1.54, 1.807) is 10.8 Å². The van der Waals surface area contributed by atoms with Crippen molar-refractivity contribution in [2.24, 2.45) is 0 Å². The zero-order valence-electron chi connectivity index (χ0n) is 9.13. The number of fused-ring (bicyclic) bond motifs is 1. The zero-order valence-corrected chi connectivity index (χ0v) is 9.13. The third kappa shape index (κ3) is 1.64. The van der Waals surface area contributed by atoms with E-state index in [1.807, 2.05) is 54.6 Å². The molecule has 0 aliphatic heterocycles. The summed E-state index contributed by atoms with van der Waals surface area (Å²) < 4.78 is 1.63. The number of rotatable bonds is 1. The number of nitrogens with zero attached hydrogens (tertiary/aromatic N) is 1. The third-order valence-corrected chi connectivity index (χ3v) is 2.75. The van der Waals surface area contributed by atoms with Gasteiger partial charge in [-0.3, -0.25) is 9.36 Å². The van der Waals surface area contributed by atoms with Crippen LogP contribution in [0, 0.1) is 6.07 Å². The summed E-state index contributed by atoms with van der Waals surface area (Å²) in [6.07, 6.45) is 1.69. The lowest BCUT2D eigenvalue weighted by atomic mass is 10.2. The number of carbonyl (C=O) groups is 1. The van der Waals surface area contributed by atoms with Gasteiger partial charge in [-0.15, -0.1) is 0 Å². The van der Waals surface area contributed by atoms with Crippen molar-refractivity contribution in [3.63, 3.8) is 0 Å². The number of benzene rings is 2. The molecule has 0 fully saturated rings. The Morgan fingerprint density at radius 3 is 2.47 bits per heavy atom. The molecule has 2 heteroatoms. The molecule has 0 saturated heterocycles. The van der Waals surface area contributed by atoms with Gasteiger partial charge in [0.1, 0.15) is 0 Å². The molecule has 0 bridgehead atoms. The molecule has 1 aromatic heterocycles. The Morgan fingerprint density at radius 2 is 1.65 bits per heavy atom. The van der Waals surface area contributed by atoms with Gasteiger partial charge in [0.25, 0.3) is 5.91 Å². The molecule has 81 valence electrons. The van der Waals surface area contributed by atoms with Gasteiger partial charge in [-0.1, -0.05) is 36.4 Å². The summed E-state index contributed by atoms with van der Waals surface area (Å²) in [5.41, 5.74) is 1.57. The van der Waals surface area contributed by atoms with Gasteiger partial charge < -0.3 is 0 Å². The van der Waals surface area contributed by atoms with Crippen molar-refractivity contribution in [2.75, 3.05) is 0 Å². The van der Waals surface area contributed by atoms with Crippen LogP contribution in [0.25, 0.3) is 10.9 Å². The molecule has 0 unspecified atom stereocenters. The van der Waals surface area contributed by atoms with Gasteiger partial charge in [0.05, 0.1) is 5.52 Å². The van der Waals surface area contributed by atoms with E-state index in [1.165, 1.54) is 0 Å². The second-order valence-electron chi connectivity index (χ2n) is 3.83. The van der Waals surface area contributed by atoms with E-state index in [0.29, 0.717) is 5.56 Å². The lowest BCUT2D eigenvalue weighted by Gasteiger charge is -2.03. The summed E-state index contributed by atoms with van der Waals surface area (Å²) in [5.74, 6) is -0.0250. The predicted molar refractivity (Wildman–Crippen MR) is 66.9 cm³/mol. The van der Waals surface area contributed by atoms with Crippen molar-refractivity contribution < 1.29 is 4.79 Å². The Bertz CT molecular complexity index is 667. The molecular weight excluding hydrogens is 210 g/mol. The Kier molecular flexibility index (Phi) is 2.26. The van der Waals surface area contributed by atoms with Crippen LogP contribution in [-0.4, -0.2) is 10.5 Å². The highest BCUT2D eigenvalue weighted by Crippen LogP contribution is 2.16. The molecule has 0 atom stereocenters. The molecule has 0 aliphatic rings. The second kappa shape index (κ2) is 3.91. The highest BCUT2D eigenvalue weighted by Gasteiger charge is 2.10. The van der Waals surface area contributed by atoms with Crippen molar-refractivity contribution in [1.29, 1.82) is 0 Å². The second-order valence-corrected chi connectivity index (χ2v) is 3.83. The minimum atomic E-state index is -0.0250. The molecule has 1 radical (unpaired) electrons. The van der Waals surface area contributed by atoms with Crippen LogP contribution in [-0.2, 0) is 0 Å². The minimum absolute atomic E-state index is 0.0250. The predicted octanol–water partition coefficient (Wildman–Crippen LogP) is 3.13. The molecule has 0 saturated carbocycles. The van der Waals surface area contributed by atoms with Crippen LogP contribution in [0.1, 0.15) is 10.4 Å². The van der Waals surface area contributed by atoms with Gasteiger partial charge >= 0.3 is 0 Å². The molecule has 2 nitrogen and oxygen atoms in total. The number of hydrogen-bond donors (Lipinski definition) is 0. The summed E-state index contributed by atoms with van der Waals surface area (Å²) in [6.45, 7) is 0. The Morgan fingerprint density at radius 1 is 0.941 bits per heavy atom. The van der Waals surface area contributed by atoms with Crippen molar-refractivity contribution >= 4 is 16.8 Å². The lowest BCUT2D eigenvalue weighted by molar-refractivity contribution is 0.0965. The maximum atomic E-state index is 12.3. The maximum Gasteiger partial charge on any atom is 0.262 e. The van der Waals surface area contributed by atoms with Crippen molar-refractivity contribution in [3.8, 4) is 0 Å². The van der Waals surface area contributed by atoms with Crippen LogP contribution in [0.4, 0.5) is 0 Å². The van der Waals surface area contributed by atoms with E-state index in [-0.39, 0.29) is 5.91 Å². The SMILES string of the molecule is O=C(c1ccccc1)n1c[c]c2ccccc21. The molecule has 3 rings (SSSR count). The zero-order chi connectivity index (χ0) is 11.7. The van der Waals surface area contributed by atoms with Gasteiger partial charge in [-0.25, -0.2) is 0 Å². The monoisotopic (exact) mass is 220 g/mol. The molecule has 0 spiro atoms. The van der Waals surface area contributed by atoms with Crippen LogP contribution in [0.3, 0.4) is 0 Å². The normalized spacial score (nSPS) is 10.6. The van der Waals surface area contributed by atoms with E-state index in [2.05, 4.69) is 6.07 Å². The summed E-state index contributed by atoms with van der Waals surface area (Å²) in [6, 6.07) is 20.1. The maximum absolute atomic E-state index is 12.3. The van der Waals surface area contributed by atoms with E-state index in [4.69, 9.17) is 0 Å². The quantitative estimate of drug-likeness (QED) is 0.617. The summed E-state index contributed by atoms with van der Waals surface area (Å²) >= 11 is 0. The van der Waals surface area contributed by atoms with Gasteiger partial charge in [-0.2, -0.15) is 0 Å². The highest BCUT2D eigenvalue weighted by atomic mass is 16.2. The van der Waals surface area contributed by atoms with Gasteiger partial charge in [0, 0.05) is 23.2 Å². The standard InChI is InChI=1S/C15H10NO/c17-15(13-7-2-1-3-8-13)16-11-10-12-6-4-5-9-14(12)16/h1-9,11H. The van der Waals surface area contributed by atoms with Crippen LogP contribution in [0.15, 0.2) is 60.8 Å².